The number of phenolic OH excluding ortho intramolecular Hbond substituents is 1. The van der Waals surface area contributed by atoms with Gasteiger partial charge in [0, 0.05) is 24.6 Å². The van der Waals surface area contributed by atoms with Crippen LogP contribution in [-0.2, 0) is 16.0 Å². The molecule has 0 aliphatic rings. The Bertz CT molecular complexity index is 848. The second-order valence-corrected chi connectivity index (χ2v) is 6.14. The van der Waals surface area contributed by atoms with E-state index in [0.717, 1.165) is 11.3 Å². The van der Waals surface area contributed by atoms with Crippen LogP contribution in [0.5, 0.6) is 11.5 Å². The number of phenols is 1. The molecule has 4 N–H and O–H groups in total. The number of carbonyl (C=O) groups is 1. The van der Waals surface area contributed by atoms with Crippen LogP contribution in [0.2, 0.25) is 5.02 Å². The summed E-state index contributed by atoms with van der Waals surface area (Å²) in [5, 5.41) is 19.7. The first kappa shape index (κ1) is 20.5. The van der Waals surface area contributed by atoms with Crippen LogP contribution in [0.25, 0.3) is 0 Å². The largest absolute Gasteiger partial charge is 0.508 e. The molecule has 0 unspecified atom stereocenters. The third-order valence-corrected chi connectivity index (χ3v) is 4.05. The fourth-order valence-electron chi connectivity index (χ4n) is 2.40. The number of hydrogen-bond donors (Lipinski definition) is 3. The van der Waals surface area contributed by atoms with Gasteiger partial charge in [-0.05, 0) is 30.7 Å². The van der Waals surface area contributed by atoms with E-state index in [9.17, 15) is 9.90 Å². The molecule has 0 aliphatic carbocycles. The van der Waals surface area contributed by atoms with Crippen LogP contribution in [0.15, 0.2) is 54.2 Å². The van der Waals surface area contributed by atoms with E-state index >= 15 is 0 Å². The van der Waals surface area contributed by atoms with Crippen LogP contribution in [0, 0.1) is 5.41 Å². The predicted molar refractivity (Wildman–Crippen MR) is 104 cm³/mol. The molecule has 0 saturated carbocycles. The summed E-state index contributed by atoms with van der Waals surface area (Å²) in [6.45, 7) is 1.89. The fraction of sp³-hybridized carbons (Fsp3) is 0.200. The summed E-state index contributed by atoms with van der Waals surface area (Å²) in [6.07, 6.45) is 1.91. The van der Waals surface area contributed by atoms with Gasteiger partial charge in [-0.3, -0.25) is 10.7 Å². The Morgan fingerprint density at radius 1 is 1.26 bits per heavy atom. The topological polar surface area (TPSA) is 96.2 Å². The van der Waals surface area contributed by atoms with E-state index in [0.29, 0.717) is 22.9 Å². The molecule has 0 fully saturated rings. The number of methoxy groups -OCH3 is 1. The van der Waals surface area contributed by atoms with Crippen molar-refractivity contribution in [1.82, 2.24) is 0 Å². The number of hydrogen-bond acceptors (Lipinski definition) is 5. The second-order valence-electron chi connectivity index (χ2n) is 5.73. The Labute approximate surface area is 162 Å². The van der Waals surface area contributed by atoms with Crippen LogP contribution < -0.4 is 10.1 Å². The maximum absolute atomic E-state index is 11.8. The molecule has 2 aromatic rings. The zero-order valence-corrected chi connectivity index (χ0v) is 15.9. The highest BCUT2D eigenvalue weighted by atomic mass is 35.5. The smallest absolute Gasteiger partial charge is 0.356 e. The number of carbonyl (C=O) groups excluding carboxylic acids is 1. The van der Waals surface area contributed by atoms with Gasteiger partial charge in [-0.25, -0.2) is 4.79 Å². The quantitative estimate of drug-likeness (QED) is 0.367. The lowest BCUT2D eigenvalue weighted by molar-refractivity contribution is -0.519. The van der Waals surface area contributed by atoms with E-state index in [2.05, 4.69) is 0 Å². The Kier molecular flexibility index (Phi) is 7.40. The molecule has 0 radical (unpaired) electrons. The van der Waals surface area contributed by atoms with Gasteiger partial charge in [0.15, 0.2) is 5.69 Å². The van der Waals surface area contributed by atoms with Gasteiger partial charge < -0.3 is 14.6 Å². The first-order chi connectivity index (χ1) is 12.9. The molecule has 0 aromatic heterocycles. The summed E-state index contributed by atoms with van der Waals surface area (Å²) in [5.74, 6) is 0.126. The van der Waals surface area contributed by atoms with E-state index in [-0.39, 0.29) is 18.1 Å². The second kappa shape index (κ2) is 9.75. The van der Waals surface area contributed by atoms with E-state index in [1.54, 1.807) is 56.5 Å². The number of nitrogens with one attached hydrogen (secondary N) is 1. The van der Waals surface area contributed by atoms with Crippen molar-refractivity contribution in [3.05, 3.63) is 64.8 Å². The van der Waals surface area contributed by atoms with Crippen molar-refractivity contribution in [2.45, 2.75) is 13.3 Å². The fourth-order valence-corrected chi connectivity index (χ4v) is 2.62. The average molecular weight is 390 g/mol. The Hall–Kier alpha value is -2.83. The van der Waals surface area contributed by atoms with Gasteiger partial charge in [0.25, 0.3) is 0 Å². The lowest BCUT2D eigenvalue weighted by Gasteiger charge is -2.09. The van der Waals surface area contributed by atoms with Gasteiger partial charge >= 0.3 is 5.97 Å². The van der Waals surface area contributed by atoms with E-state index in [1.165, 1.54) is 6.08 Å². The predicted octanol–water partition coefficient (Wildman–Crippen LogP) is 2.96. The van der Waals surface area contributed by atoms with Crippen molar-refractivity contribution in [2.24, 2.45) is 0 Å². The van der Waals surface area contributed by atoms with Crippen molar-refractivity contribution >= 4 is 29.0 Å². The monoisotopic (exact) mass is 389 g/mol. The van der Waals surface area contributed by atoms with Crippen molar-refractivity contribution in [3.63, 3.8) is 0 Å². The molecule has 0 bridgehead atoms. The summed E-state index contributed by atoms with van der Waals surface area (Å²) < 4.78 is 10.0. The Morgan fingerprint density at radius 2 is 1.96 bits per heavy atom. The number of halogens is 1. The first-order valence-corrected chi connectivity index (χ1v) is 8.73. The third-order valence-electron chi connectivity index (χ3n) is 3.72. The van der Waals surface area contributed by atoms with Gasteiger partial charge in [-0.2, -0.15) is 0 Å². The zero-order valence-electron chi connectivity index (χ0n) is 15.2. The van der Waals surface area contributed by atoms with Crippen molar-refractivity contribution in [2.75, 3.05) is 13.7 Å². The summed E-state index contributed by atoms with van der Waals surface area (Å²) in [5.41, 5.74) is 2.10. The van der Waals surface area contributed by atoms with E-state index < -0.39 is 5.97 Å². The van der Waals surface area contributed by atoms with E-state index in [4.69, 9.17) is 26.5 Å². The van der Waals surface area contributed by atoms with Crippen molar-refractivity contribution in [3.8, 4) is 11.5 Å². The van der Waals surface area contributed by atoms with Gasteiger partial charge in [-0.1, -0.05) is 23.7 Å². The third kappa shape index (κ3) is 6.13. The van der Waals surface area contributed by atoms with Crippen LogP contribution in [0.4, 0.5) is 5.69 Å². The van der Waals surface area contributed by atoms with Gasteiger partial charge in [-0.15, -0.1) is 0 Å². The zero-order chi connectivity index (χ0) is 19.8. The molecule has 2 aromatic carbocycles. The maximum atomic E-state index is 11.8. The normalized spacial score (nSPS) is 11.1. The SMILES string of the molecule is CCOC(=O)C(=N)/C=C(/Cc1ccc(O)cc1)[NH2+]c1ccc(OC)cc1Cl. The minimum absolute atomic E-state index is 0.172. The average Bonchev–Trinajstić information content (AvgIpc) is 2.65. The summed E-state index contributed by atoms with van der Waals surface area (Å²) in [4.78, 5) is 11.8. The minimum Gasteiger partial charge on any atom is -0.508 e. The summed E-state index contributed by atoms with van der Waals surface area (Å²) >= 11 is 6.31. The Morgan fingerprint density at radius 3 is 2.56 bits per heavy atom. The molecular formula is C20H22ClN2O4+. The highest BCUT2D eigenvalue weighted by Gasteiger charge is 2.15. The number of rotatable bonds is 8. The summed E-state index contributed by atoms with van der Waals surface area (Å²) in [6, 6.07) is 12.0. The molecule has 7 heteroatoms. The van der Waals surface area contributed by atoms with Crippen LogP contribution in [0.3, 0.4) is 0 Å². The first-order valence-electron chi connectivity index (χ1n) is 8.35. The molecule has 0 heterocycles. The maximum Gasteiger partial charge on any atom is 0.356 e. The van der Waals surface area contributed by atoms with Crippen LogP contribution >= 0.6 is 11.6 Å². The van der Waals surface area contributed by atoms with Crippen molar-refractivity contribution in [1.29, 1.82) is 5.41 Å². The minimum atomic E-state index is -0.685. The molecule has 27 heavy (non-hydrogen) atoms. The molecule has 0 aliphatic heterocycles. The number of ether oxygens (including phenoxy) is 2. The molecule has 0 saturated heterocycles. The molecule has 2 rings (SSSR count). The number of quaternary nitrogens is 1. The van der Waals surface area contributed by atoms with Gasteiger partial charge in [0.1, 0.15) is 27.9 Å². The highest BCUT2D eigenvalue weighted by Crippen LogP contribution is 2.23. The molecule has 0 atom stereocenters. The highest BCUT2D eigenvalue weighted by molar-refractivity contribution is 6.39. The molecular weight excluding hydrogens is 368 g/mol. The van der Waals surface area contributed by atoms with Gasteiger partial charge in [0.2, 0.25) is 0 Å². The van der Waals surface area contributed by atoms with Crippen LogP contribution in [-0.4, -0.2) is 30.5 Å². The molecule has 6 nitrogen and oxygen atoms in total. The number of nitrogens with two attached hydrogens (primary N) is 1. The molecule has 0 spiro atoms. The summed E-state index contributed by atoms with van der Waals surface area (Å²) in [7, 11) is 1.56. The molecule has 142 valence electrons. The van der Waals surface area contributed by atoms with Gasteiger partial charge in [0.05, 0.1) is 13.7 Å². The van der Waals surface area contributed by atoms with Crippen LogP contribution in [0.1, 0.15) is 12.5 Å². The Balaban J connectivity index is 2.29. The lowest BCUT2D eigenvalue weighted by atomic mass is 10.1. The number of esters is 1. The lowest BCUT2D eigenvalue weighted by Crippen LogP contribution is -2.76. The number of aromatic hydroxyl groups is 1. The van der Waals surface area contributed by atoms with Crippen molar-refractivity contribution < 1.29 is 24.7 Å². The number of benzene rings is 2. The standard InChI is InChI=1S/C20H21ClN2O4/c1-3-27-20(25)18(22)11-14(10-13-4-6-15(24)7-5-13)23-19-9-8-16(26-2)12-17(19)21/h4-9,11-12,22-24H,3,10H2,1-2H3/p+1/b14-11-,22-18?. The molecule has 0 amide bonds. The van der Waals surface area contributed by atoms with E-state index in [1.807, 2.05) is 5.32 Å². The number of allylic oxidation sites excluding steroid dienone is 1.